The van der Waals surface area contributed by atoms with Gasteiger partial charge in [-0.1, -0.05) is 0 Å². The lowest BCUT2D eigenvalue weighted by Gasteiger charge is -2.17. The monoisotopic (exact) mass is 254 g/mol. The van der Waals surface area contributed by atoms with Crippen molar-refractivity contribution in [3.63, 3.8) is 0 Å². The molecule has 0 saturated heterocycles. The molecule has 18 heavy (non-hydrogen) atoms. The van der Waals surface area contributed by atoms with Gasteiger partial charge < -0.3 is 19.3 Å². The highest BCUT2D eigenvalue weighted by molar-refractivity contribution is 5.50. The molecule has 0 atom stereocenters. The van der Waals surface area contributed by atoms with Gasteiger partial charge in [0.2, 0.25) is 0 Å². The topological polar surface area (TPSA) is 47.9 Å². The van der Waals surface area contributed by atoms with Crippen molar-refractivity contribution in [2.24, 2.45) is 0 Å². The molecule has 1 N–H and O–H groups in total. The first-order chi connectivity index (χ1) is 8.62. The number of aliphatic hydroxyl groups excluding tert-OH is 1. The molecule has 1 aromatic carbocycles. The van der Waals surface area contributed by atoms with Crippen LogP contribution in [0.5, 0.6) is 17.2 Å². The van der Waals surface area contributed by atoms with Gasteiger partial charge >= 0.3 is 0 Å². The molecule has 0 aliphatic heterocycles. The number of hydrogen-bond donors (Lipinski definition) is 1. The third-order valence-electron chi connectivity index (χ3n) is 2.53. The van der Waals surface area contributed by atoms with Crippen LogP contribution >= 0.6 is 0 Å². The minimum Gasteiger partial charge on any atom is -0.496 e. The van der Waals surface area contributed by atoms with Crippen molar-refractivity contribution in [1.29, 1.82) is 0 Å². The molecular weight excluding hydrogens is 232 g/mol. The van der Waals surface area contributed by atoms with Crippen molar-refractivity contribution in [3.05, 3.63) is 17.7 Å². The number of rotatable bonds is 7. The number of benzene rings is 1. The second kappa shape index (κ2) is 7.11. The highest BCUT2D eigenvalue weighted by Gasteiger charge is 2.13. The van der Waals surface area contributed by atoms with E-state index in [4.69, 9.17) is 19.3 Å². The zero-order chi connectivity index (χ0) is 13.5. The Morgan fingerprint density at radius 1 is 1.06 bits per heavy atom. The van der Waals surface area contributed by atoms with Crippen molar-refractivity contribution in [3.8, 4) is 17.2 Å². The standard InChI is InChI=1S/C14H22O4/c1-10(2)18-14-9-12(16-3)11(6-5-7-15)8-13(14)17-4/h8-10,15H,5-7H2,1-4H3. The summed E-state index contributed by atoms with van der Waals surface area (Å²) < 4.78 is 16.4. The zero-order valence-corrected chi connectivity index (χ0v) is 11.5. The van der Waals surface area contributed by atoms with Crippen LogP contribution in [0.1, 0.15) is 25.8 Å². The Labute approximate surface area is 108 Å². The van der Waals surface area contributed by atoms with Crippen LogP contribution in [-0.4, -0.2) is 32.0 Å². The van der Waals surface area contributed by atoms with Crippen molar-refractivity contribution in [2.45, 2.75) is 32.8 Å². The molecule has 4 nitrogen and oxygen atoms in total. The number of hydrogen-bond acceptors (Lipinski definition) is 4. The summed E-state index contributed by atoms with van der Waals surface area (Å²) in [7, 11) is 3.24. The molecule has 0 aromatic heterocycles. The van der Waals surface area contributed by atoms with E-state index in [1.54, 1.807) is 14.2 Å². The van der Waals surface area contributed by atoms with Gasteiger partial charge in [0.15, 0.2) is 11.5 Å². The second-order valence-corrected chi connectivity index (χ2v) is 4.31. The van der Waals surface area contributed by atoms with E-state index < -0.39 is 0 Å². The Hall–Kier alpha value is -1.42. The van der Waals surface area contributed by atoms with E-state index in [1.807, 2.05) is 26.0 Å². The van der Waals surface area contributed by atoms with Crippen LogP contribution in [0, 0.1) is 0 Å². The van der Waals surface area contributed by atoms with E-state index >= 15 is 0 Å². The molecule has 4 heteroatoms. The van der Waals surface area contributed by atoms with E-state index in [9.17, 15) is 0 Å². The fourth-order valence-electron chi connectivity index (χ4n) is 1.74. The fourth-order valence-corrected chi connectivity index (χ4v) is 1.74. The largest absolute Gasteiger partial charge is 0.496 e. The summed E-state index contributed by atoms with van der Waals surface area (Å²) in [6.45, 7) is 4.09. The molecule has 0 bridgehead atoms. The molecule has 0 radical (unpaired) electrons. The molecule has 0 saturated carbocycles. The summed E-state index contributed by atoms with van der Waals surface area (Å²) in [5.41, 5.74) is 1.01. The Morgan fingerprint density at radius 2 is 1.72 bits per heavy atom. The Bertz CT molecular complexity index is 374. The summed E-state index contributed by atoms with van der Waals surface area (Å²) in [5, 5.41) is 8.89. The van der Waals surface area contributed by atoms with Crippen molar-refractivity contribution >= 4 is 0 Å². The van der Waals surface area contributed by atoms with Crippen molar-refractivity contribution in [1.82, 2.24) is 0 Å². The second-order valence-electron chi connectivity index (χ2n) is 4.31. The van der Waals surface area contributed by atoms with Crippen LogP contribution in [0.2, 0.25) is 0 Å². The highest BCUT2D eigenvalue weighted by Crippen LogP contribution is 2.35. The summed E-state index contributed by atoms with van der Waals surface area (Å²) >= 11 is 0. The number of methoxy groups -OCH3 is 2. The quantitative estimate of drug-likeness (QED) is 0.811. The Balaban J connectivity index is 3.06. The van der Waals surface area contributed by atoms with Gasteiger partial charge in [0, 0.05) is 12.7 Å². The Kier molecular flexibility index (Phi) is 5.78. The SMILES string of the molecule is COc1cc(OC(C)C)c(OC)cc1CCCO. The summed E-state index contributed by atoms with van der Waals surface area (Å²) in [6.07, 6.45) is 1.52. The van der Waals surface area contributed by atoms with Crippen LogP contribution in [-0.2, 0) is 6.42 Å². The third kappa shape index (κ3) is 3.81. The number of aliphatic hydroxyl groups is 1. The van der Waals surface area contributed by atoms with E-state index in [-0.39, 0.29) is 12.7 Å². The van der Waals surface area contributed by atoms with E-state index in [0.717, 1.165) is 17.7 Å². The van der Waals surface area contributed by atoms with Gasteiger partial charge in [-0.3, -0.25) is 0 Å². The summed E-state index contributed by atoms with van der Waals surface area (Å²) in [5.74, 6) is 2.13. The van der Waals surface area contributed by atoms with Gasteiger partial charge in [-0.2, -0.15) is 0 Å². The van der Waals surface area contributed by atoms with Gasteiger partial charge in [-0.05, 0) is 38.3 Å². The van der Waals surface area contributed by atoms with E-state index in [2.05, 4.69) is 0 Å². The fraction of sp³-hybridized carbons (Fsp3) is 0.571. The van der Waals surface area contributed by atoms with E-state index in [0.29, 0.717) is 17.9 Å². The van der Waals surface area contributed by atoms with Gasteiger partial charge in [0.05, 0.1) is 20.3 Å². The van der Waals surface area contributed by atoms with Crippen LogP contribution < -0.4 is 14.2 Å². The lowest BCUT2D eigenvalue weighted by atomic mass is 10.1. The third-order valence-corrected chi connectivity index (χ3v) is 2.53. The average molecular weight is 254 g/mol. The molecule has 0 aliphatic rings. The maximum Gasteiger partial charge on any atom is 0.165 e. The molecule has 0 unspecified atom stereocenters. The molecule has 1 aromatic rings. The molecule has 0 spiro atoms. The Morgan fingerprint density at radius 3 is 2.22 bits per heavy atom. The highest BCUT2D eigenvalue weighted by atomic mass is 16.5. The molecule has 1 rings (SSSR count). The van der Waals surface area contributed by atoms with Crippen molar-refractivity contribution in [2.75, 3.05) is 20.8 Å². The molecule has 0 amide bonds. The molecule has 0 heterocycles. The predicted octanol–water partition coefficient (Wildman–Crippen LogP) is 2.42. The first-order valence-corrected chi connectivity index (χ1v) is 6.14. The van der Waals surface area contributed by atoms with Gasteiger partial charge in [0.25, 0.3) is 0 Å². The number of ether oxygens (including phenoxy) is 3. The lowest BCUT2D eigenvalue weighted by molar-refractivity contribution is 0.228. The van der Waals surface area contributed by atoms with Crippen LogP contribution in [0.15, 0.2) is 12.1 Å². The van der Waals surface area contributed by atoms with Crippen LogP contribution in [0.4, 0.5) is 0 Å². The molecule has 102 valence electrons. The number of aryl methyl sites for hydroxylation is 1. The zero-order valence-electron chi connectivity index (χ0n) is 11.5. The van der Waals surface area contributed by atoms with Crippen LogP contribution in [0.25, 0.3) is 0 Å². The minimum atomic E-state index is 0.0758. The van der Waals surface area contributed by atoms with Gasteiger partial charge in [0.1, 0.15) is 5.75 Å². The van der Waals surface area contributed by atoms with Crippen molar-refractivity contribution < 1.29 is 19.3 Å². The molecular formula is C14H22O4. The molecule has 0 fully saturated rings. The first kappa shape index (κ1) is 14.6. The lowest BCUT2D eigenvalue weighted by Crippen LogP contribution is -2.07. The summed E-state index contributed by atoms with van der Waals surface area (Å²) in [4.78, 5) is 0. The maximum absolute atomic E-state index is 8.89. The first-order valence-electron chi connectivity index (χ1n) is 6.14. The predicted molar refractivity (Wildman–Crippen MR) is 70.7 cm³/mol. The van der Waals surface area contributed by atoms with Crippen LogP contribution in [0.3, 0.4) is 0 Å². The smallest absolute Gasteiger partial charge is 0.165 e. The normalized spacial score (nSPS) is 10.6. The van der Waals surface area contributed by atoms with Gasteiger partial charge in [-0.25, -0.2) is 0 Å². The maximum atomic E-state index is 8.89. The average Bonchev–Trinajstić information content (AvgIpc) is 2.35. The molecule has 0 aliphatic carbocycles. The minimum absolute atomic E-state index is 0.0758. The van der Waals surface area contributed by atoms with Gasteiger partial charge in [-0.15, -0.1) is 0 Å². The summed E-state index contributed by atoms with van der Waals surface area (Å²) in [6, 6.07) is 3.75. The van der Waals surface area contributed by atoms with E-state index in [1.165, 1.54) is 0 Å².